The highest BCUT2D eigenvalue weighted by Gasteiger charge is 2.30. The summed E-state index contributed by atoms with van der Waals surface area (Å²) in [5, 5.41) is 14.1. The Bertz CT molecular complexity index is 1010. The van der Waals surface area contributed by atoms with Crippen molar-refractivity contribution >= 4 is 30.0 Å². The highest BCUT2D eigenvalue weighted by molar-refractivity contribution is 5.98. The van der Waals surface area contributed by atoms with E-state index >= 15 is 0 Å². The number of rotatable bonds is 13. The summed E-state index contributed by atoms with van der Waals surface area (Å²) in [6.45, 7) is 3.33. The molecule has 1 unspecified atom stereocenters. The molecule has 3 N–H and O–H groups in total. The SMILES string of the molecule is CC(C)[C@H](NC(=O)c1ccccc1)C(=O)N(CC(=O)NC(C=O)CCC(=O)O)Cc1ccccc1. The summed E-state index contributed by atoms with van der Waals surface area (Å²) in [6, 6.07) is 15.7. The van der Waals surface area contributed by atoms with Gasteiger partial charge in [-0.1, -0.05) is 62.4 Å². The van der Waals surface area contributed by atoms with E-state index in [4.69, 9.17) is 5.11 Å². The molecule has 0 spiro atoms. The molecule has 35 heavy (non-hydrogen) atoms. The normalized spacial score (nSPS) is 12.3. The zero-order valence-corrected chi connectivity index (χ0v) is 19.8. The highest BCUT2D eigenvalue weighted by atomic mass is 16.4. The van der Waals surface area contributed by atoms with Gasteiger partial charge < -0.3 is 25.4 Å². The van der Waals surface area contributed by atoms with E-state index in [1.165, 1.54) is 4.90 Å². The standard InChI is InChI=1S/C26H31N3O6/c1-18(2)24(28-25(34)20-11-7-4-8-12-20)26(35)29(15-19-9-5-3-6-10-19)16-22(31)27-21(17-30)13-14-23(32)33/h3-12,17-18,21,24H,13-16H2,1-2H3,(H,27,31)(H,28,34)(H,32,33)/t21?,24-/m0/s1. The number of nitrogens with one attached hydrogen (secondary N) is 2. The lowest BCUT2D eigenvalue weighted by atomic mass is 10.0. The maximum Gasteiger partial charge on any atom is 0.303 e. The van der Waals surface area contributed by atoms with E-state index in [0.29, 0.717) is 11.8 Å². The third kappa shape index (κ3) is 9.04. The summed E-state index contributed by atoms with van der Waals surface area (Å²) >= 11 is 0. The second-order valence-electron chi connectivity index (χ2n) is 8.48. The van der Waals surface area contributed by atoms with Gasteiger partial charge in [0.2, 0.25) is 11.8 Å². The molecular formula is C26H31N3O6. The first-order valence-corrected chi connectivity index (χ1v) is 11.4. The first kappa shape index (κ1) is 27.2. The number of hydrogen-bond donors (Lipinski definition) is 3. The second-order valence-corrected chi connectivity index (χ2v) is 8.48. The molecule has 2 aromatic rings. The van der Waals surface area contributed by atoms with Crippen LogP contribution in [0, 0.1) is 5.92 Å². The number of carbonyl (C=O) groups is 5. The summed E-state index contributed by atoms with van der Waals surface area (Å²) in [5.74, 6) is -2.81. The van der Waals surface area contributed by atoms with Crippen LogP contribution < -0.4 is 10.6 Å². The summed E-state index contributed by atoms with van der Waals surface area (Å²) in [7, 11) is 0. The van der Waals surface area contributed by atoms with Crippen LogP contribution in [0.4, 0.5) is 0 Å². The molecule has 0 fully saturated rings. The van der Waals surface area contributed by atoms with Crippen LogP contribution in [-0.4, -0.2) is 58.6 Å². The van der Waals surface area contributed by atoms with Crippen LogP contribution in [0.3, 0.4) is 0 Å². The number of carboxylic acids is 1. The number of aldehydes is 1. The molecule has 0 saturated heterocycles. The molecule has 9 nitrogen and oxygen atoms in total. The summed E-state index contributed by atoms with van der Waals surface area (Å²) in [6.07, 6.45) is 0.136. The Morgan fingerprint density at radius 3 is 2.09 bits per heavy atom. The topological polar surface area (TPSA) is 133 Å². The summed E-state index contributed by atoms with van der Waals surface area (Å²) in [5.41, 5.74) is 1.19. The van der Waals surface area contributed by atoms with Gasteiger partial charge in [-0.05, 0) is 30.0 Å². The first-order chi connectivity index (χ1) is 16.7. The zero-order chi connectivity index (χ0) is 25.8. The van der Waals surface area contributed by atoms with E-state index in [0.717, 1.165) is 5.56 Å². The van der Waals surface area contributed by atoms with E-state index in [1.54, 1.807) is 44.2 Å². The molecule has 2 aromatic carbocycles. The molecule has 0 aliphatic heterocycles. The summed E-state index contributed by atoms with van der Waals surface area (Å²) in [4.78, 5) is 62.4. The number of hydrogen-bond acceptors (Lipinski definition) is 5. The lowest BCUT2D eigenvalue weighted by Crippen LogP contribution is -2.53. The fourth-order valence-electron chi connectivity index (χ4n) is 3.42. The minimum atomic E-state index is -1.08. The van der Waals surface area contributed by atoms with Gasteiger partial charge in [-0.15, -0.1) is 0 Å². The summed E-state index contributed by atoms with van der Waals surface area (Å²) < 4.78 is 0. The van der Waals surface area contributed by atoms with Crippen molar-refractivity contribution in [2.24, 2.45) is 5.92 Å². The minimum Gasteiger partial charge on any atom is -0.481 e. The van der Waals surface area contributed by atoms with E-state index in [-0.39, 0.29) is 31.8 Å². The third-order valence-electron chi connectivity index (χ3n) is 5.30. The number of amides is 3. The van der Waals surface area contributed by atoms with E-state index in [2.05, 4.69) is 10.6 Å². The van der Waals surface area contributed by atoms with Crippen molar-refractivity contribution in [2.75, 3.05) is 6.54 Å². The van der Waals surface area contributed by atoms with Crippen LogP contribution in [-0.2, 0) is 25.7 Å². The molecule has 0 bridgehead atoms. The Labute approximate surface area is 204 Å². The van der Waals surface area contributed by atoms with Crippen molar-refractivity contribution < 1.29 is 29.1 Å². The number of benzene rings is 2. The van der Waals surface area contributed by atoms with Gasteiger partial charge in [0.15, 0.2) is 0 Å². The van der Waals surface area contributed by atoms with Gasteiger partial charge >= 0.3 is 5.97 Å². The van der Waals surface area contributed by atoms with Crippen molar-refractivity contribution in [1.82, 2.24) is 15.5 Å². The predicted octanol–water partition coefficient (Wildman–Crippen LogP) is 2.02. The molecule has 0 saturated carbocycles. The predicted molar refractivity (Wildman–Crippen MR) is 129 cm³/mol. The lowest BCUT2D eigenvalue weighted by molar-refractivity contribution is -0.139. The fraction of sp³-hybridized carbons (Fsp3) is 0.346. The molecule has 2 rings (SSSR count). The van der Waals surface area contributed by atoms with Crippen LogP contribution in [0.15, 0.2) is 60.7 Å². The van der Waals surface area contributed by atoms with Crippen LogP contribution in [0.25, 0.3) is 0 Å². The molecule has 0 aliphatic rings. The molecule has 0 radical (unpaired) electrons. The van der Waals surface area contributed by atoms with E-state index in [9.17, 15) is 24.0 Å². The number of carbonyl (C=O) groups excluding carboxylic acids is 4. The van der Waals surface area contributed by atoms with Gasteiger partial charge in [-0.25, -0.2) is 0 Å². The molecule has 3 amide bonds. The van der Waals surface area contributed by atoms with Gasteiger partial charge in [0, 0.05) is 18.5 Å². The average molecular weight is 482 g/mol. The Hall–Kier alpha value is -4.01. The van der Waals surface area contributed by atoms with Crippen LogP contribution >= 0.6 is 0 Å². The van der Waals surface area contributed by atoms with E-state index < -0.39 is 35.8 Å². The van der Waals surface area contributed by atoms with Gasteiger partial charge in [-0.2, -0.15) is 0 Å². The Kier molecular flexibility index (Phi) is 10.6. The van der Waals surface area contributed by atoms with Crippen molar-refractivity contribution in [3.05, 3.63) is 71.8 Å². The van der Waals surface area contributed by atoms with Gasteiger partial charge in [0.05, 0.1) is 12.6 Å². The highest BCUT2D eigenvalue weighted by Crippen LogP contribution is 2.12. The zero-order valence-electron chi connectivity index (χ0n) is 19.8. The molecule has 186 valence electrons. The number of carboxylic acid groups (broad SMARTS) is 1. The van der Waals surface area contributed by atoms with Crippen LogP contribution in [0.5, 0.6) is 0 Å². The largest absolute Gasteiger partial charge is 0.481 e. The van der Waals surface area contributed by atoms with E-state index in [1.807, 2.05) is 30.3 Å². The third-order valence-corrected chi connectivity index (χ3v) is 5.30. The Balaban J connectivity index is 2.20. The Morgan fingerprint density at radius 2 is 1.54 bits per heavy atom. The average Bonchev–Trinajstić information content (AvgIpc) is 2.85. The molecular weight excluding hydrogens is 450 g/mol. The Morgan fingerprint density at radius 1 is 0.943 bits per heavy atom. The van der Waals surface area contributed by atoms with Gasteiger partial charge in [-0.3, -0.25) is 19.2 Å². The molecule has 0 aromatic heterocycles. The fourth-order valence-corrected chi connectivity index (χ4v) is 3.42. The maximum absolute atomic E-state index is 13.5. The maximum atomic E-state index is 13.5. The van der Waals surface area contributed by atoms with Gasteiger partial charge in [0.25, 0.3) is 5.91 Å². The quantitative estimate of drug-likeness (QED) is 0.375. The smallest absolute Gasteiger partial charge is 0.303 e. The minimum absolute atomic E-state index is 0.0566. The second kappa shape index (κ2) is 13.6. The number of aliphatic carboxylic acids is 1. The molecule has 2 atom stereocenters. The molecule has 9 heteroatoms. The van der Waals surface area contributed by atoms with Crippen molar-refractivity contribution in [2.45, 2.75) is 45.3 Å². The lowest BCUT2D eigenvalue weighted by Gasteiger charge is -2.30. The van der Waals surface area contributed by atoms with Crippen LogP contribution in [0.1, 0.15) is 42.6 Å². The number of nitrogens with zero attached hydrogens (tertiary/aromatic N) is 1. The molecule has 0 aliphatic carbocycles. The first-order valence-electron chi connectivity index (χ1n) is 11.4. The molecule has 0 heterocycles. The van der Waals surface area contributed by atoms with Crippen molar-refractivity contribution in [3.63, 3.8) is 0 Å². The van der Waals surface area contributed by atoms with Crippen molar-refractivity contribution in [3.8, 4) is 0 Å². The monoisotopic (exact) mass is 481 g/mol. The van der Waals surface area contributed by atoms with Gasteiger partial charge in [0.1, 0.15) is 12.3 Å². The van der Waals surface area contributed by atoms with Crippen LogP contribution in [0.2, 0.25) is 0 Å². The van der Waals surface area contributed by atoms with Crippen molar-refractivity contribution in [1.29, 1.82) is 0 Å².